The van der Waals surface area contributed by atoms with Gasteiger partial charge in [-0.2, -0.15) is 0 Å². The number of aryl methyl sites for hydroxylation is 2. The zero-order chi connectivity index (χ0) is 12.5. The van der Waals surface area contributed by atoms with Crippen molar-refractivity contribution in [1.29, 1.82) is 0 Å². The summed E-state index contributed by atoms with van der Waals surface area (Å²) in [5.74, 6) is 0. The molecular formula is C12H19NO2S. The third kappa shape index (κ3) is 2.44. The lowest BCUT2D eigenvalue weighted by molar-refractivity contribution is 0.567. The minimum Gasteiger partial charge on any atom is -0.327 e. The van der Waals surface area contributed by atoms with E-state index in [9.17, 15) is 8.42 Å². The highest BCUT2D eigenvalue weighted by Crippen LogP contribution is 2.22. The van der Waals surface area contributed by atoms with Crippen molar-refractivity contribution < 1.29 is 8.42 Å². The SMILES string of the molecule is Cc1ccc(S(=O)(=O)C(C)C(C)N)c(C)c1. The zero-order valence-electron chi connectivity index (χ0n) is 10.2. The van der Waals surface area contributed by atoms with Crippen LogP contribution in [0.25, 0.3) is 0 Å². The summed E-state index contributed by atoms with van der Waals surface area (Å²) in [6.45, 7) is 7.12. The smallest absolute Gasteiger partial charge is 0.182 e. The number of hydrogen-bond donors (Lipinski definition) is 1. The number of nitrogens with two attached hydrogens (primary N) is 1. The first-order chi connectivity index (χ1) is 7.26. The van der Waals surface area contributed by atoms with Gasteiger partial charge >= 0.3 is 0 Å². The van der Waals surface area contributed by atoms with Crippen LogP contribution in [0.2, 0.25) is 0 Å². The highest BCUT2D eigenvalue weighted by molar-refractivity contribution is 7.92. The van der Waals surface area contributed by atoms with Crippen LogP contribution in [0.5, 0.6) is 0 Å². The maximum Gasteiger partial charge on any atom is 0.182 e. The molecule has 4 heteroatoms. The van der Waals surface area contributed by atoms with Gasteiger partial charge in [0.05, 0.1) is 10.1 Å². The Morgan fingerprint density at radius 3 is 2.19 bits per heavy atom. The van der Waals surface area contributed by atoms with Crippen molar-refractivity contribution in [3.63, 3.8) is 0 Å². The number of rotatable bonds is 3. The predicted molar refractivity (Wildman–Crippen MR) is 66.2 cm³/mol. The summed E-state index contributed by atoms with van der Waals surface area (Å²) in [5.41, 5.74) is 7.51. The van der Waals surface area contributed by atoms with Crippen molar-refractivity contribution in [2.45, 2.75) is 43.9 Å². The summed E-state index contributed by atoms with van der Waals surface area (Å²) in [4.78, 5) is 0.392. The van der Waals surface area contributed by atoms with Gasteiger partial charge in [-0.15, -0.1) is 0 Å². The monoisotopic (exact) mass is 241 g/mol. The van der Waals surface area contributed by atoms with E-state index >= 15 is 0 Å². The van der Waals surface area contributed by atoms with Crippen molar-refractivity contribution in [2.75, 3.05) is 0 Å². The van der Waals surface area contributed by atoms with E-state index in [1.54, 1.807) is 19.9 Å². The van der Waals surface area contributed by atoms with E-state index in [4.69, 9.17) is 5.73 Å². The molecule has 0 heterocycles. The van der Waals surface area contributed by atoms with Gasteiger partial charge in [0, 0.05) is 6.04 Å². The molecule has 1 aromatic carbocycles. The van der Waals surface area contributed by atoms with E-state index in [-0.39, 0.29) is 6.04 Å². The van der Waals surface area contributed by atoms with Crippen LogP contribution in [0.4, 0.5) is 0 Å². The molecule has 16 heavy (non-hydrogen) atoms. The van der Waals surface area contributed by atoms with Crippen molar-refractivity contribution in [2.24, 2.45) is 5.73 Å². The van der Waals surface area contributed by atoms with Gasteiger partial charge in [-0.1, -0.05) is 17.7 Å². The first-order valence-corrected chi connectivity index (χ1v) is 6.88. The van der Waals surface area contributed by atoms with Gasteiger partial charge < -0.3 is 5.73 Å². The first-order valence-electron chi connectivity index (χ1n) is 5.33. The van der Waals surface area contributed by atoms with Crippen molar-refractivity contribution in [3.8, 4) is 0 Å². The van der Waals surface area contributed by atoms with Crippen molar-refractivity contribution in [3.05, 3.63) is 29.3 Å². The van der Waals surface area contributed by atoms with E-state index in [0.717, 1.165) is 11.1 Å². The topological polar surface area (TPSA) is 60.2 Å². The lowest BCUT2D eigenvalue weighted by Crippen LogP contribution is -2.36. The van der Waals surface area contributed by atoms with Crippen LogP contribution >= 0.6 is 0 Å². The minimum absolute atomic E-state index is 0.370. The molecule has 2 N–H and O–H groups in total. The molecule has 3 nitrogen and oxygen atoms in total. The Kier molecular flexibility index (Phi) is 3.76. The van der Waals surface area contributed by atoms with E-state index in [1.165, 1.54) is 0 Å². The third-order valence-electron chi connectivity index (χ3n) is 2.87. The number of sulfone groups is 1. The fourth-order valence-corrected chi connectivity index (χ4v) is 3.33. The second kappa shape index (κ2) is 4.55. The summed E-state index contributed by atoms with van der Waals surface area (Å²) in [6.07, 6.45) is 0. The largest absolute Gasteiger partial charge is 0.327 e. The molecule has 0 aliphatic carbocycles. The number of benzene rings is 1. The second-order valence-electron chi connectivity index (χ2n) is 4.38. The molecule has 0 saturated carbocycles. The Morgan fingerprint density at radius 2 is 1.75 bits per heavy atom. The average Bonchev–Trinajstić information content (AvgIpc) is 2.15. The molecule has 90 valence electrons. The van der Waals surface area contributed by atoms with Crippen LogP contribution in [-0.4, -0.2) is 19.7 Å². The molecule has 0 aliphatic rings. The van der Waals surface area contributed by atoms with Gasteiger partial charge in [0.25, 0.3) is 0 Å². The van der Waals surface area contributed by atoms with Crippen molar-refractivity contribution >= 4 is 9.84 Å². The molecule has 0 radical (unpaired) electrons. The van der Waals surface area contributed by atoms with Crippen LogP contribution in [0, 0.1) is 13.8 Å². The zero-order valence-corrected chi connectivity index (χ0v) is 11.0. The van der Waals surface area contributed by atoms with Gasteiger partial charge in [0.2, 0.25) is 0 Å². The predicted octanol–water partition coefficient (Wildman–Crippen LogP) is 1.81. The Labute approximate surface area is 97.6 Å². The molecular weight excluding hydrogens is 222 g/mol. The quantitative estimate of drug-likeness (QED) is 0.878. The van der Waals surface area contributed by atoms with Gasteiger partial charge in [0.15, 0.2) is 9.84 Å². The van der Waals surface area contributed by atoms with Gasteiger partial charge in [-0.05, 0) is 39.3 Å². The molecule has 0 bridgehead atoms. The molecule has 2 atom stereocenters. The third-order valence-corrected chi connectivity index (χ3v) is 5.35. The molecule has 2 unspecified atom stereocenters. The Hall–Kier alpha value is -0.870. The molecule has 0 amide bonds. The van der Waals surface area contributed by atoms with Crippen LogP contribution in [0.15, 0.2) is 23.1 Å². The van der Waals surface area contributed by atoms with Gasteiger partial charge in [-0.25, -0.2) is 8.42 Å². The molecule has 0 aromatic heterocycles. The summed E-state index contributed by atoms with van der Waals surface area (Å²) >= 11 is 0. The Morgan fingerprint density at radius 1 is 1.19 bits per heavy atom. The van der Waals surface area contributed by atoms with Crippen LogP contribution < -0.4 is 5.73 Å². The average molecular weight is 241 g/mol. The number of hydrogen-bond acceptors (Lipinski definition) is 3. The van der Waals surface area contributed by atoms with E-state index in [2.05, 4.69) is 0 Å². The fourth-order valence-electron chi connectivity index (χ4n) is 1.60. The van der Waals surface area contributed by atoms with E-state index in [0.29, 0.717) is 4.90 Å². The second-order valence-corrected chi connectivity index (χ2v) is 6.65. The van der Waals surface area contributed by atoms with Crippen LogP contribution in [-0.2, 0) is 9.84 Å². The summed E-state index contributed by atoms with van der Waals surface area (Å²) < 4.78 is 24.5. The lowest BCUT2D eigenvalue weighted by Gasteiger charge is -2.18. The van der Waals surface area contributed by atoms with E-state index < -0.39 is 15.1 Å². The maximum atomic E-state index is 12.2. The molecule has 1 aromatic rings. The molecule has 0 saturated heterocycles. The molecule has 0 fully saturated rings. The Bertz CT molecular complexity index is 478. The van der Waals surface area contributed by atoms with Crippen molar-refractivity contribution in [1.82, 2.24) is 0 Å². The summed E-state index contributed by atoms with van der Waals surface area (Å²) in [7, 11) is -3.31. The summed E-state index contributed by atoms with van der Waals surface area (Å²) in [5, 5.41) is -0.561. The van der Waals surface area contributed by atoms with Gasteiger partial charge in [-0.3, -0.25) is 0 Å². The van der Waals surface area contributed by atoms with Gasteiger partial charge in [0.1, 0.15) is 0 Å². The standard InChI is InChI=1S/C12H19NO2S/c1-8-5-6-12(9(2)7-8)16(14,15)11(4)10(3)13/h5-7,10-11H,13H2,1-4H3. The normalized spacial score (nSPS) is 15.8. The molecule has 0 aliphatic heterocycles. The highest BCUT2D eigenvalue weighted by Gasteiger charge is 2.27. The van der Waals surface area contributed by atoms with Crippen LogP contribution in [0.1, 0.15) is 25.0 Å². The molecule has 1 rings (SSSR count). The Balaban J connectivity index is 3.28. The van der Waals surface area contributed by atoms with E-state index in [1.807, 2.05) is 26.0 Å². The first kappa shape index (κ1) is 13.2. The lowest BCUT2D eigenvalue weighted by atomic mass is 10.2. The van der Waals surface area contributed by atoms with Crippen LogP contribution in [0.3, 0.4) is 0 Å². The minimum atomic E-state index is -3.31. The fraction of sp³-hybridized carbons (Fsp3) is 0.500. The highest BCUT2D eigenvalue weighted by atomic mass is 32.2. The summed E-state index contributed by atoms with van der Waals surface area (Å²) in [6, 6.07) is 4.98. The maximum absolute atomic E-state index is 12.2. The molecule has 0 spiro atoms.